The maximum atomic E-state index is 11.8. The summed E-state index contributed by atoms with van der Waals surface area (Å²) in [6.45, 7) is 4.24. The largest absolute Gasteiger partial charge is 0.481 e. The molecule has 6 heteroatoms. The molecule has 0 bridgehead atoms. The van der Waals surface area contributed by atoms with Crippen molar-refractivity contribution in [2.75, 3.05) is 25.6 Å². The first-order valence-electron chi connectivity index (χ1n) is 6.62. The number of rotatable bonds is 9. The lowest BCUT2D eigenvalue weighted by molar-refractivity contribution is -0.141. The molecular weight excluding hydrogens is 264 g/mol. The lowest BCUT2D eigenvalue weighted by Gasteiger charge is -2.25. The summed E-state index contributed by atoms with van der Waals surface area (Å²) in [5.74, 6) is -0.0983. The second-order valence-electron chi connectivity index (χ2n) is 4.85. The highest BCUT2D eigenvalue weighted by molar-refractivity contribution is 7.98. The number of carboxylic acid groups (broad SMARTS) is 1. The van der Waals surface area contributed by atoms with Gasteiger partial charge in [-0.3, -0.25) is 4.79 Å². The number of carbonyl (C=O) groups is 2. The van der Waals surface area contributed by atoms with Crippen molar-refractivity contribution in [3.63, 3.8) is 0 Å². The molecule has 0 aromatic rings. The molecule has 0 aliphatic heterocycles. The molecule has 2 amide bonds. The second-order valence-corrected chi connectivity index (χ2v) is 5.84. The van der Waals surface area contributed by atoms with E-state index in [4.69, 9.17) is 5.11 Å². The van der Waals surface area contributed by atoms with Gasteiger partial charge >= 0.3 is 12.0 Å². The molecule has 0 heterocycles. The summed E-state index contributed by atoms with van der Waals surface area (Å²) >= 11 is 1.77. The molecule has 0 fully saturated rings. The number of nitrogens with zero attached hydrogens (tertiary/aromatic N) is 1. The number of hydrogen-bond donors (Lipinski definition) is 2. The van der Waals surface area contributed by atoms with Crippen LogP contribution in [0.4, 0.5) is 4.79 Å². The van der Waals surface area contributed by atoms with Crippen molar-refractivity contribution >= 4 is 23.8 Å². The van der Waals surface area contributed by atoms with Gasteiger partial charge in [-0.2, -0.15) is 11.8 Å². The van der Waals surface area contributed by atoms with Crippen molar-refractivity contribution in [2.24, 2.45) is 5.92 Å². The van der Waals surface area contributed by atoms with E-state index in [-0.39, 0.29) is 18.0 Å². The highest BCUT2D eigenvalue weighted by Gasteiger charge is 2.15. The Morgan fingerprint density at radius 1 is 1.32 bits per heavy atom. The maximum Gasteiger partial charge on any atom is 0.317 e. The molecule has 2 atom stereocenters. The fourth-order valence-electron chi connectivity index (χ4n) is 1.53. The smallest absolute Gasteiger partial charge is 0.317 e. The second kappa shape index (κ2) is 9.95. The van der Waals surface area contributed by atoms with Crippen LogP contribution < -0.4 is 5.32 Å². The normalized spacial score (nSPS) is 13.7. The van der Waals surface area contributed by atoms with Crippen LogP contribution in [0.5, 0.6) is 0 Å². The van der Waals surface area contributed by atoms with Crippen molar-refractivity contribution in [1.29, 1.82) is 0 Å². The molecular formula is C13H26N2O3S. The van der Waals surface area contributed by atoms with Crippen molar-refractivity contribution in [1.82, 2.24) is 10.2 Å². The van der Waals surface area contributed by atoms with Crippen LogP contribution in [0, 0.1) is 5.92 Å². The van der Waals surface area contributed by atoms with E-state index in [0.29, 0.717) is 19.4 Å². The van der Waals surface area contributed by atoms with E-state index in [1.54, 1.807) is 30.6 Å². The Hall–Kier alpha value is -0.910. The van der Waals surface area contributed by atoms with Crippen LogP contribution in [-0.2, 0) is 4.79 Å². The van der Waals surface area contributed by atoms with Crippen LogP contribution in [-0.4, -0.2) is 53.6 Å². The highest BCUT2D eigenvalue weighted by Crippen LogP contribution is 2.07. The third-order valence-corrected chi connectivity index (χ3v) is 3.88. The maximum absolute atomic E-state index is 11.8. The number of carboxylic acids is 1. The van der Waals surface area contributed by atoms with Gasteiger partial charge in [-0.25, -0.2) is 4.79 Å². The molecule has 0 aliphatic carbocycles. The number of thioether (sulfide) groups is 1. The van der Waals surface area contributed by atoms with Gasteiger partial charge in [-0.1, -0.05) is 6.92 Å². The van der Waals surface area contributed by atoms with Gasteiger partial charge in [0.25, 0.3) is 0 Å². The van der Waals surface area contributed by atoms with Crippen molar-refractivity contribution in [3.8, 4) is 0 Å². The van der Waals surface area contributed by atoms with Crippen molar-refractivity contribution < 1.29 is 14.7 Å². The van der Waals surface area contributed by atoms with E-state index in [9.17, 15) is 9.59 Å². The molecule has 0 rings (SSSR count). The number of aliphatic carboxylic acids is 1. The summed E-state index contributed by atoms with van der Waals surface area (Å²) in [5, 5.41) is 11.6. The van der Waals surface area contributed by atoms with Crippen LogP contribution >= 0.6 is 11.8 Å². The zero-order valence-electron chi connectivity index (χ0n) is 12.3. The number of nitrogens with one attached hydrogen (secondary N) is 1. The van der Waals surface area contributed by atoms with Crippen LogP contribution in [0.15, 0.2) is 0 Å². The van der Waals surface area contributed by atoms with Crippen LogP contribution in [0.3, 0.4) is 0 Å². The predicted octanol–water partition coefficient (Wildman–Crippen LogP) is 2.27. The number of amides is 2. The van der Waals surface area contributed by atoms with Crippen LogP contribution in [0.2, 0.25) is 0 Å². The summed E-state index contributed by atoms with van der Waals surface area (Å²) in [6, 6.07) is 0.127. The zero-order valence-corrected chi connectivity index (χ0v) is 13.1. The SMILES string of the molecule is CSCCC(C)N(C)C(=O)NCCCC(C)C(=O)O. The number of carbonyl (C=O) groups excluding carboxylic acids is 1. The van der Waals surface area contributed by atoms with Gasteiger partial charge < -0.3 is 15.3 Å². The van der Waals surface area contributed by atoms with E-state index < -0.39 is 5.97 Å². The minimum Gasteiger partial charge on any atom is -0.481 e. The molecule has 112 valence electrons. The van der Waals surface area contributed by atoms with Gasteiger partial charge in [0, 0.05) is 19.6 Å². The van der Waals surface area contributed by atoms with Gasteiger partial charge in [-0.15, -0.1) is 0 Å². The molecule has 5 nitrogen and oxygen atoms in total. The molecule has 0 aromatic carbocycles. The Bertz CT molecular complexity index is 287. The number of hydrogen-bond acceptors (Lipinski definition) is 3. The quantitative estimate of drug-likeness (QED) is 0.639. The molecule has 0 aromatic heterocycles. The third kappa shape index (κ3) is 7.97. The molecule has 0 aliphatic rings. The van der Waals surface area contributed by atoms with E-state index in [1.165, 1.54) is 0 Å². The minimum absolute atomic E-state index is 0.0865. The van der Waals surface area contributed by atoms with Gasteiger partial charge in [0.2, 0.25) is 0 Å². The fraction of sp³-hybridized carbons (Fsp3) is 0.846. The fourth-order valence-corrected chi connectivity index (χ4v) is 2.11. The molecule has 0 saturated heterocycles. The first kappa shape index (κ1) is 18.1. The summed E-state index contributed by atoms with van der Waals surface area (Å²) in [6.07, 6.45) is 4.30. The Morgan fingerprint density at radius 2 is 1.95 bits per heavy atom. The van der Waals surface area contributed by atoms with Gasteiger partial charge in [0.05, 0.1) is 5.92 Å². The summed E-state index contributed by atoms with van der Waals surface area (Å²) in [7, 11) is 1.79. The Morgan fingerprint density at radius 3 is 2.47 bits per heavy atom. The van der Waals surface area contributed by atoms with Gasteiger partial charge in [0.15, 0.2) is 0 Å². The molecule has 0 spiro atoms. The average molecular weight is 290 g/mol. The summed E-state index contributed by atoms with van der Waals surface area (Å²) in [4.78, 5) is 24.2. The average Bonchev–Trinajstić information content (AvgIpc) is 2.39. The summed E-state index contributed by atoms with van der Waals surface area (Å²) < 4.78 is 0. The van der Waals surface area contributed by atoms with Gasteiger partial charge in [0.1, 0.15) is 0 Å². The minimum atomic E-state index is -0.783. The van der Waals surface area contributed by atoms with Crippen LogP contribution in [0.1, 0.15) is 33.1 Å². The molecule has 2 N–H and O–H groups in total. The molecule has 0 saturated carbocycles. The third-order valence-electron chi connectivity index (χ3n) is 3.23. The van der Waals surface area contributed by atoms with E-state index in [0.717, 1.165) is 12.2 Å². The monoisotopic (exact) mass is 290 g/mol. The van der Waals surface area contributed by atoms with E-state index >= 15 is 0 Å². The summed E-state index contributed by atoms with van der Waals surface area (Å²) in [5.41, 5.74) is 0. The van der Waals surface area contributed by atoms with Gasteiger partial charge in [-0.05, 0) is 38.2 Å². The predicted molar refractivity (Wildman–Crippen MR) is 79.7 cm³/mol. The van der Waals surface area contributed by atoms with E-state index in [2.05, 4.69) is 11.6 Å². The Kier molecular flexibility index (Phi) is 9.47. The van der Waals surface area contributed by atoms with E-state index in [1.807, 2.05) is 6.92 Å². The molecule has 19 heavy (non-hydrogen) atoms. The Labute approximate surface area is 120 Å². The van der Waals surface area contributed by atoms with Crippen LogP contribution in [0.25, 0.3) is 0 Å². The zero-order chi connectivity index (χ0) is 14.8. The lowest BCUT2D eigenvalue weighted by Crippen LogP contribution is -2.43. The first-order chi connectivity index (χ1) is 8.90. The molecule has 0 radical (unpaired) electrons. The number of urea groups is 1. The molecule has 2 unspecified atom stereocenters. The lowest BCUT2D eigenvalue weighted by atomic mass is 10.1. The van der Waals surface area contributed by atoms with Crippen molar-refractivity contribution in [3.05, 3.63) is 0 Å². The Balaban J connectivity index is 3.81. The first-order valence-corrected chi connectivity index (χ1v) is 8.02. The van der Waals surface area contributed by atoms with Crippen molar-refractivity contribution in [2.45, 2.75) is 39.2 Å². The topological polar surface area (TPSA) is 69.6 Å². The standard InChI is InChI=1S/C13H26N2O3S/c1-10(12(16)17)6-5-8-14-13(18)15(3)11(2)7-9-19-4/h10-11H,5-9H2,1-4H3,(H,14,18)(H,16,17). The highest BCUT2D eigenvalue weighted by atomic mass is 32.2.